The lowest BCUT2D eigenvalue weighted by Gasteiger charge is -2.23. The highest BCUT2D eigenvalue weighted by molar-refractivity contribution is 5.98. The zero-order chi connectivity index (χ0) is 20.8. The topological polar surface area (TPSA) is 87.3 Å². The number of hydrogen-bond donors (Lipinski definition) is 3. The average molecular weight is 403 g/mol. The summed E-state index contributed by atoms with van der Waals surface area (Å²) in [6, 6.07) is 3.52. The van der Waals surface area contributed by atoms with Crippen LogP contribution in [0.4, 0.5) is 15.8 Å². The highest BCUT2D eigenvalue weighted by Crippen LogP contribution is 2.29. The maximum absolute atomic E-state index is 14.2. The SMILES string of the molecule is CC(=O)NC(C(=O)Nc1ccc(F)c(NC(=O)C2CCCCC2)c1)C1CCCC1. The molecule has 0 spiro atoms. The van der Waals surface area contributed by atoms with Gasteiger partial charge in [-0.15, -0.1) is 0 Å². The number of amides is 3. The lowest BCUT2D eigenvalue weighted by Crippen LogP contribution is -2.47. The largest absolute Gasteiger partial charge is 0.344 e. The second kappa shape index (κ2) is 9.85. The molecule has 29 heavy (non-hydrogen) atoms. The molecule has 3 amide bonds. The smallest absolute Gasteiger partial charge is 0.247 e. The molecule has 0 radical (unpaired) electrons. The van der Waals surface area contributed by atoms with Gasteiger partial charge in [-0.3, -0.25) is 14.4 Å². The van der Waals surface area contributed by atoms with E-state index >= 15 is 0 Å². The Morgan fingerprint density at radius 3 is 2.28 bits per heavy atom. The van der Waals surface area contributed by atoms with E-state index in [2.05, 4.69) is 16.0 Å². The van der Waals surface area contributed by atoms with Gasteiger partial charge in [0.05, 0.1) is 5.69 Å². The van der Waals surface area contributed by atoms with Crippen molar-refractivity contribution in [2.24, 2.45) is 11.8 Å². The number of hydrogen-bond acceptors (Lipinski definition) is 3. The van der Waals surface area contributed by atoms with Crippen LogP contribution in [0.3, 0.4) is 0 Å². The molecule has 2 fully saturated rings. The van der Waals surface area contributed by atoms with Crippen LogP contribution in [0.15, 0.2) is 18.2 Å². The van der Waals surface area contributed by atoms with E-state index in [0.717, 1.165) is 57.8 Å². The van der Waals surface area contributed by atoms with Crippen LogP contribution in [0.5, 0.6) is 0 Å². The van der Waals surface area contributed by atoms with Crippen LogP contribution in [0, 0.1) is 17.7 Å². The molecule has 3 N–H and O–H groups in total. The summed E-state index contributed by atoms with van der Waals surface area (Å²) < 4.78 is 14.2. The first-order valence-corrected chi connectivity index (χ1v) is 10.6. The van der Waals surface area contributed by atoms with Crippen molar-refractivity contribution in [2.45, 2.75) is 70.8 Å². The Labute approximate surface area is 171 Å². The van der Waals surface area contributed by atoms with Crippen molar-refractivity contribution in [3.63, 3.8) is 0 Å². The minimum atomic E-state index is -0.611. The average Bonchev–Trinajstić information content (AvgIpc) is 3.23. The summed E-state index contributed by atoms with van der Waals surface area (Å²) in [6.45, 7) is 1.39. The van der Waals surface area contributed by atoms with Crippen molar-refractivity contribution >= 4 is 29.1 Å². The number of anilines is 2. The fraction of sp³-hybridized carbons (Fsp3) is 0.591. The maximum Gasteiger partial charge on any atom is 0.247 e. The molecule has 2 aliphatic carbocycles. The summed E-state index contributed by atoms with van der Waals surface area (Å²) in [7, 11) is 0. The summed E-state index contributed by atoms with van der Waals surface area (Å²) in [4.78, 5) is 36.8. The van der Waals surface area contributed by atoms with Crippen molar-refractivity contribution in [2.75, 3.05) is 10.6 Å². The number of rotatable bonds is 6. The van der Waals surface area contributed by atoms with Gasteiger partial charge in [0, 0.05) is 18.5 Å². The number of benzene rings is 1. The molecule has 1 aromatic rings. The van der Waals surface area contributed by atoms with Crippen LogP contribution >= 0.6 is 0 Å². The molecule has 0 aromatic heterocycles. The number of nitrogens with one attached hydrogen (secondary N) is 3. The van der Waals surface area contributed by atoms with E-state index in [1.807, 2.05) is 0 Å². The standard InChI is InChI=1S/C22H30FN3O3/c1-14(27)24-20(15-7-5-6-8-15)22(29)25-17-11-12-18(23)19(13-17)26-21(28)16-9-3-2-4-10-16/h11-13,15-16,20H,2-10H2,1H3,(H,24,27)(H,25,29)(H,26,28). The van der Waals surface area contributed by atoms with Gasteiger partial charge in [-0.05, 0) is 49.8 Å². The molecule has 0 bridgehead atoms. The molecule has 0 heterocycles. The van der Waals surface area contributed by atoms with Crippen LogP contribution in [-0.2, 0) is 14.4 Å². The third kappa shape index (κ3) is 5.78. The molecule has 2 aliphatic rings. The summed E-state index contributed by atoms with van der Waals surface area (Å²) in [5.74, 6) is -1.27. The molecule has 3 rings (SSSR count). The molecule has 1 unspecified atom stereocenters. The Balaban J connectivity index is 1.68. The Morgan fingerprint density at radius 2 is 1.62 bits per heavy atom. The minimum Gasteiger partial charge on any atom is -0.344 e. The van der Waals surface area contributed by atoms with Crippen LogP contribution in [0.25, 0.3) is 0 Å². The number of carbonyl (C=O) groups excluding carboxylic acids is 3. The van der Waals surface area contributed by atoms with E-state index in [0.29, 0.717) is 5.69 Å². The van der Waals surface area contributed by atoms with Gasteiger partial charge in [-0.25, -0.2) is 4.39 Å². The van der Waals surface area contributed by atoms with Gasteiger partial charge in [-0.2, -0.15) is 0 Å². The first-order chi connectivity index (χ1) is 13.9. The molecule has 6 nitrogen and oxygen atoms in total. The van der Waals surface area contributed by atoms with Gasteiger partial charge in [0.25, 0.3) is 0 Å². The van der Waals surface area contributed by atoms with Crippen LogP contribution in [0.1, 0.15) is 64.7 Å². The highest BCUT2D eigenvalue weighted by atomic mass is 19.1. The highest BCUT2D eigenvalue weighted by Gasteiger charge is 2.31. The first-order valence-electron chi connectivity index (χ1n) is 10.6. The van der Waals surface area contributed by atoms with E-state index in [1.165, 1.54) is 25.1 Å². The lowest BCUT2D eigenvalue weighted by molar-refractivity contribution is -0.126. The van der Waals surface area contributed by atoms with Crippen molar-refractivity contribution in [1.82, 2.24) is 5.32 Å². The summed E-state index contributed by atoms with van der Waals surface area (Å²) in [5, 5.41) is 8.20. The molecule has 0 aliphatic heterocycles. The third-order valence-electron chi connectivity index (χ3n) is 5.98. The van der Waals surface area contributed by atoms with E-state index in [-0.39, 0.29) is 35.2 Å². The van der Waals surface area contributed by atoms with Gasteiger partial charge in [0.2, 0.25) is 17.7 Å². The molecular formula is C22H30FN3O3. The summed E-state index contributed by atoms with van der Waals surface area (Å²) >= 11 is 0. The molecule has 1 aromatic carbocycles. The van der Waals surface area contributed by atoms with Crippen molar-refractivity contribution in [3.8, 4) is 0 Å². The molecular weight excluding hydrogens is 373 g/mol. The van der Waals surface area contributed by atoms with Gasteiger partial charge < -0.3 is 16.0 Å². The fourth-order valence-corrected chi connectivity index (χ4v) is 4.43. The molecule has 1 atom stereocenters. The summed E-state index contributed by atoms with van der Waals surface area (Å²) in [5.41, 5.74) is 0.457. The van der Waals surface area contributed by atoms with Gasteiger partial charge >= 0.3 is 0 Å². The Kier molecular flexibility index (Phi) is 7.23. The first kappa shape index (κ1) is 21.3. The van der Waals surface area contributed by atoms with Crippen LogP contribution in [-0.4, -0.2) is 23.8 Å². The maximum atomic E-state index is 14.2. The van der Waals surface area contributed by atoms with Crippen molar-refractivity contribution in [1.29, 1.82) is 0 Å². The zero-order valence-electron chi connectivity index (χ0n) is 16.9. The molecule has 0 saturated heterocycles. The predicted octanol–water partition coefficient (Wildman–Crippen LogP) is 3.98. The van der Waals surface area contributed by atoms with Crippen molar-refractivity contribution in [3.05, 3.63) is 24.0 Å². The minimum absolute atomic E-state index is 0.0651. The lowest BCUT2D eigenvalue weighted by atomic mass is 9.88. The van der Waals surface area contributed by atoms with E-state index < -0.39 is 11.9 Å². The molecule has 7 heteroatoms. The Bertz CT molecular complexity index is 756. The zero-order valence-corrected chi connectivity index (χ0v) is 16.9. The van der Waals surface area contributed by atoms with Gasteiger partial charge in [0.15, 0.2) is 0 Å². The monoisotopic (exact) mass is 403 g/mol. The quantitative estimate of drug-likeness (QED) is 0.671. The Morgan fingerprint density at radius 1 is 0.966 bits per heavy atom. The molecule has 158 valence electrons. The van der Waals surface area contributed by atoms with E-state index in [1.54, 1.807) is 0 Å². The van der Waals surface area contributed by atoms with Gasteiger partial charge in [-0.1, -0.05) is 32.1 Å². The van der Waals surface area contributed by atoms with Crippen LogP contribution < -0.4 is 16.0 Å². The Hall–Kier alpha value is -2.44. The number of carbonyl (C=O) groups is 3. The normalized spacial score (nSPS) is 18.8. The van der Waals surface area contributed by atoms with Crippen molar-refractivity contribution < 1.29 is 18.8 Å². The fourth-order valence-electron chi connectivity index (χ4n) is 4.43. The summed E-state index contributed by atoms with van der Waals surface area (Å²) in [6.07, 6.45) is 8.69. The second-order valence-electron chi connectivity index (χ2n) is 8.23. The predicted molar refractivity (Wildman–Crippen MR) is 110 cm³/mol. The number of halogens is 1. The van der Waals surface area contributed by atoms with Gasteiger partial charge in [0.1, 0.15) is 11.9 Å². The van der Waals surface area contributed by atoms with E-state index in [9.17, 15) is 18.8 Å². The van der Waals surface area contributed by atoms with Crippen LogP contribution in [0.2, 0.25) is 0 Å². The molecule has 2 saturated carbocycles. The second-order valence-corrected chi connectivity index (χ2v) is 8.23. The van der Waals surface area contributed by atoms with E-state index in [4.69, 9.17) is 0 Å². The third-order valence-corrected chi connectivity index (χ3v) is 5.98.